The summed E-state index contributed by atoms with van der Waals surface area (Å²) in [5.41, 5.74) is 0. The van der Waals surface area contributed by atoms with Crippen molar-refractivity contribution in [3.8, 4) is 0 Å². The smallest absolute Gasteiger partial charge is 0.254 e. The molecule has 1 unspecified atom stereocenters. The third-order valence-electron chi connectivity index (χ3n) is 1.54. The SMILES string of the molecule is CC(C)CC(C=O)C(C)(F)F. The van der Waals surface area contributed by atoms with Crippen LogP contribution in [0.4, 0.5) is 8.78 Å². The summed E-state index contributed by atoms with van der Waals surface area (Å²) >= 11 is 0. The Bertz CT molecular complexity index is 127. The molecule has 0 aliphatic carbocycles. The summed E-state index contributed by atoms with van der Waals surface area (Å²) in [7, 11) is 0. The Kier molecular flexibility index (Phi) is 3.63. The predicted octanol–water partition coefficient (Wildman–Crippen LogP) is 2.50. The van der Waals surface area contributed by atoms with Gasteiger partial charge in [-0.1, -0.05) is 13.8 Å². The van der Waals surface area contributed by atoms with Crippen LogP contribution in [0.3, 0.4) is 0 Å². The molecule has 0 N–H and O–H groups in total. The maximum Gasteiger partial charge on any atom is 0.254 e. The van der Waals surface area contributed by atoms with Crippen molar-refractivity contribution in [3.63, 3.8) is 0 Å². The normalized spacial score (nSPS) is 15.1. The molecule has 0 rings (SSSR count). The molecule has 0 saturated heterocycles. The minimum absolute atomic E-state index is 0.135. The number of aldehydes is 1. The summed E-state index contributed by atoms with van der Waals surface area (Å²) in [6, 6.07) is 0. The molecule has 0 spiro atoms. The van der Waals surface area contributed by atoms with Crippen molar-refractivity contribution in [2.75, 3.05) is 0 Å². The van der Waals surface area contributed by atoms with Gasteiger partial charge in [0.1, 0.15) is 6.29 Å². The third kappa shape index (κ3) is 4.06. The largest absolute Gasteiger partial charge is 0.303 e. The monoisotopic (exact) mass is 164 g/mol. The summed E-state index contributed by atoms with van der Waals surface area (Å²) in [4.78, 5) is 10.2. The van der Waals surface area contributed by atoms with E-state index in [0.717, 1.165) is 6.92 Å². The predicted molar refractivity (Wildman–Crippen MR) is 39.6 cm³/mol. The van der Waals surface area contributed by atoms with Crippen molar-refractivity contribution >= 4 is 6.29 Å². The third-order valence-corrected chi connectivity index (χ3v) is 1.54. The molecule has 66 valence electrons. The van der Waals surface area contributed by atoms with E-state index in [4.69, 9.17) is 0 Å². The Labute approximate surface area is 65.8 Å². The van der Waals surface area contributed by atoms with Gasteiger partial charge in [-0.3, -0.25) is 0 Å². The van der Waals surface area contributed by atoms with Crippen molar-refractivity contribution in [2.24, 2.45) is 11.8 Å². The molecule has 0 aliphatic heterocycles. The van der Waals surface area contributed by atoms with Crippen LogP contribution >= 0.6 is 0 Å². The van der Waals surface area contributed by atoms with Crippen LogP contribution in [0.25, 0.3) is 0 Å². The minimum Gasteiger partial charge on any atom is -0.303 e. The van der Waals surface area contributed by atoms with Gasteiger partial charge in [-0.2, -0.15) is 0 Å². The maximum atomic E-state index is 12.5. The average Bonchev–Trinajstić information content (AvgIpc) is 1.79. The fourth-order valence-corrected chi connectivity index (χ4v) is 0.890. The molecule has 0 aromatic heterocycles. The zero-order valence-corrected chi connectivity index (χ0v) is 7.10. The first kappa shape index (κ1) is 10.5. The van der Waals surface area contributed by atoms with Crippen LogP contribution in [0.5, 0.6) is 0 Å². The summed E-state index contributed by atoms with van der Waals surface area (Å²) < 4.78 is 25.0. The number of hydrogen-bond donors (Lipinski definition) is 0. The van der Waals surface area contributed by atoms with Crippen LogP contribution in [0, 0.1) is 11.8 Å². The zero-order chi connectivity index (χ0) is 9.07. The van der Waals surface area contributed by atoms with Crippen molar-refractivity contribution in [1.29, 1.82) is 0 Å². The molecule has 0 amide bonds. The fraction of sp³-hybridized carbons (Fsp3) is 0.875. The van der Waals surface area contributed by atoms with E-state index in [0.29, 0.717) is 6.29 Å². The fourth-order valence-electron chi connectivity index (χ4n) is 0.890. The highest BCUT2D eigenvalue weighted by Gasteiger charge is 2.33. The number of halogens is 2. The lowest BCUT2D eigenvalue weighted by Gasteiger charge is -2.19. The molecule has 0 aromatic carbocycles. The lowest BCUT2D eigenvalue weighted by Crippen LogP contribution is -2.26. The molecule has 3 heteroatoms. The van der Waals surface area contributed by atoms with E-state index >= 15 is 0 Å². The van der Waals surface area contributed by atoms with Crippen LogP contribution in [0.2, 0.25) is 0 Å². The van der Waals surface area contributed by atoms with Gasteiger partial charge in [0.25, 0.3) is 5.92 Å². The van der Waals surface area contributed by atoms with Crippen molar-refractivity contribution in [1.82, 2.24) is 0 Å². The molecule has 0 fully saturated rings. The second-order valence-electron chi connectivity index (χ2n) is 3.33. The number of rotatable bonds is 4. The number of carbonyl (C=O) groups is 1. The Balaban J connectivity index is 4.07. The van der Waals surface area contributed by atoms with E-state index in [1.807, 2.05) is 13.8 Å². The van der Waals surface area contributed by atoms with Crippen LogP contribution in [-0.2, 0) is 4.79 Å². The maximum absolute atomic E-state index is 12.5. The van der Waals surface area contributed by atoms with E-state index in [9.17, 15) is 13.6 Å². The molecule has 0 aliphatic rings. The minimum atomic E-state index is -2.87. The molecule has 1 atom stereocenters. The van der Waals surface area contributed by atoms with Crippen LogP contribution < -0.4 is 0 Å². The van der Waals surface area contributed by atoms with Gasteiger partial charge in [0.2, 0.25) is 0 Å². The molecular formula is C8H14F2O. The first-order valence-corrected chi connectivity index (χ1v) is 3.71. The Morgan fingerprint density at radius 2 is 1.91 bits per heavy atom. The highest BCUT2D eigenvalue weighted by molar-refractivity contribution is 5.55. The zero-order valence-electron chi connectivity index (χ0n) is 7.10. The topological polar surface area (TPSA) is 17.1 Å². The highest BCUT2D eigenvalue weighted by Crippen LogP contribution is 2.27. The Morgan fingerprint density at radius 1 is 1.45 bits per heavy atom. The summed E-state index contributed by atoms with van der Waals surface area (Å²) in [5, 5.41) is 0. The Hall–Kier alpha value is -0.470. The van der Waals surface area contributed by atoms with E-state index in [-0.39, 0.29) is 12.3 Å². The standard InChI is InChI=1S/C8H14F2O/c1-6(2)4-7(5-11)8(3,9)10/h5-7H,4H2,1-3H3. The van der Waals surface area contributed by atoms with E-state index in [1.165, 1.54) is 0 Å². The van der Waals surface area contributed by atoms with Gasteiger partial charge in [0.05, 0.1) is 5.92 Å². The first-order chi connectivity index (χ1) is 4.88. The molecule has 0 saturated carbocycles. The van der Waals surface area contributed by atoms with Crippen LogP contribution in [0.15, 0.2) is 0 Å². The molecule has 11 heavy (non-hydrogen) atoms. The second kappa shape index (κ2) is 3.79. The second-order valence-corrected chi connectivity index (χ2v) is 3.33. The quantitative estimate of drug-likeness (QED) is 0.583. The lowest BCUT2D eigenvalue weighted by molar-refractivity contribution is -0.124. The van der Waals surface area contributed by atoms with Gasteiger partial charge in [-0.05, 0) is 12.3 Å². The molecule has 0 heterocycles. The average molecular weight is 164 g/mol. The summed E-state index contributed by atoms with van der Waals surface area (Å²) in [6.07, 6.45) is 0.604. The van der Waals surface area contributed by atoms with Crippen molar-refractivity contribution < 1.29 is 13.6 Å². The molecule has 1 nitrogen and oxygen atoms in total. The summed E-state index contributed by atoms with van der Waals surface area (Å²) in [6.45, 7) is 4.43. The van der Waals surface area contributed by atoms with Crippen molar-refractivity contribution in [2.45, 2.75) is 33.1 Å². The number of hydrogen-bond acceptors (Lipinski definition) is 1. The van der Waals surface area contributed by atoms with Gasteiger partial charge < -0.3 is 4.79 Å². The van der Waals surface area contributed by atoms with Crippen LogP contribution in [-0.4, -0.2) is 12.2 Å². The molecule has 0 aromatic rings. The number of carbonyl (C=O) groups excluding carboxylic acids is 1. The Morgan fingerprint density at radius 3 is 2.00 bits per heavy atom. The molecular weight excluding hydrogens is 150 g/mol. The van der Waals surface area contributed by atoms with Gasteiger partial charge in [-0.25, -0.2) is 8.78 Å². The van der Waals surface area contributed by atoms with Gasteiger partial charge in [0.15, 0.2) is 0 Å². The molecule has 0 bridgehead atoms. The van der Waals surface area contributed by atoms with Gasteiger partial charge in [-0.15, -0.1) is 0 Å². The van der Waals surface area contributed by atoms with Crippen molar-refractivity contribution in [3.05, 3.63) is 0 Å². The number of alkyl halides is 2. The molecule has 0 radical (unpaired) electrons. The lowest BCUT2D eigenvalue weighted by atomic mass is 9.94. The van der Waals surface area contributed by atoms with E-state index < -0.39 is 11.8 Å². The van der Waals surface area contributed by atoms with E-state index in [2.05, 4.69) is 0 Å². The summed E-state index contributed by atoms with van der Waals surface area (Å²) in [5.74, 6) is -3.86. The van der Waals surface area contributed by atoms with Crippen LogP contribution in [0.1, 0.15) is 27.2 Å². The van der Waals surface area contributed by atoms with Gasteiger partial charge >= 0.3 is 0 Å². The van der Waals surface area contributed by atoms with E-state index in [1.54, 1.807) is 0 Å². The first-order valence-electron chi connectivity index (χ1n) is 3.71. The van der Waals surface area contributed by atoms with Gasteiger partial charge in [0, 0.05) is 6.92 Å². The highest BCUT2D eigenvalue weighted by atomic mass is 19.3.